The van der Waals surface area contributed by atoms with Gasteiger partial charge in [0.1, 0.15) is 35.8 Å². The molecule has 0 spiro atoms. The summed E-state index contributed by atoms with van der Waals surface area (Å²) < 4.78 is 44.4. The summed E-state index contributed by atoms with van der Waals surface area (Å²) in [6.07, 6.45) is -1.06. The van der Waals surface area contributed by atoms with Crippen LogP contribution >= 0.6 is 0 Å². The lowest BCUT2D eigenvalue weighted by Crippen LogP contribution is -2.17. The SMILES string of the molecule is CCOC(COC(C)=O)c1c(F)cc(Oc2ccc(C#N)cc2)cc1F. The minimum Gasteiger partial charge on any atom is -0.463 e. The topological polar surface area (TPSA) is 68.6 Å². The molecule has 2 aromatic rings. The van der Waals surface area contributed by atoms with Gasteiger partial charge in [0.05, 0.1) is 17.2 Å². The predicted octanol–water partition coefficient (Wildman–Crippen LogP) is 4.27. The summed E-state index contributed by atoms with van der Waals surface area (Å²) in [7, 11) is 0. The van der Waals surface area contributed by atoms with E-state index in [-0.39, 0.29) is 24.5 Å². The lowest BCUT2D eigenvalue weighted by atomic mass is 10.1. The Balaban J connectivity index is 2.24. The number of carbonyl (C=O) groups is 1. The zero-order chi connectivity index (χ0) is 19.1. The molecule has 2 aromatic carbocycles. The van der Waals surface area contributed by atoms with Crippen LogP contribution in [0.2, 0.25) is 0 Å². The normalized spacial score (nSPS) is 11.5. The van der Waals surface area contributed by atoms with Gasteiger partial charge in [-0.25, -0.2) is 8.78 Å². The number of benzene rings is 2. The van der Waals surface area contributed by atoms with Gasteiger partial charge < -0.3 is 14.2 Å². The standard InChI is InChI=1S/C19H17F2NO4/c1-3-24-18(11-25-12(2)23)19-16(20)8-15(9-17(19)21)26-14-6-4-13(10-22)5-7-14/h4-9,18H,3,11H2,1-2H3. The van der Waals surface area contributed by atoms with Crippen LogP contribution in [0.5, 0.6) is 11.5 Å². The molecule has 1 atom stereocenters. The van der Waals surface area contributed by atoms with Gasteiger partial charge in [-0.05, 0) is 31.2 Å². The molecule has 0 aliphatic rings. The maximum Gasteiger partial charge on any atom is 0.302 e. The first kappa shape index (κ1) is 19.3. The summed E-state index contributed by atoms with van der Waals surface area (Å²) in [5.41, 5.74) is 0.107. The first-order valence-electron chi connectivity index (χ1n) is 7.86. The summed E-state index contributed by atoms with van der Waals surface area (Å²) >= 11 is 0. The fourth-order valence-corrected chi connectivity index (χ4v) is 2.27. The maximum atomic E-state index is 14.4. The van der Waals surface area contributed by atoms with Gasteiger partial charge in [-0.2, -0.15) is 5.26 Å². The molecule has 0 N–H and O–H groups in total. The first-order chi connectivity index (χ1) is 12.4. The van der Waals surface area contributed by atoms with Crippen LogP contribution in [-0.2, 0) is 14.3 Å². The number of hydrogen-bond donors (Lipinski definition) is 0. The third-order valence-electron chi connectivity index (χ3n) is 3.40. The Bertz CT molecular complexity index is 792. The molecule has 2 rings (SSSR count). The highest BCUT2D eigenvalue weighted by atomic mass is 19.1. The number of halogens is 2. The van der Waals surface area contributed by atoms with Gasteiger partial charge in [0.2, 0.25) is 0 Å². The Hall–Kier alpha value is -2.98. The fourth-order valence-electron chi connectivity index (χ4n) is 2.27. The number of esters is 1. The van der Waals surface area contributed by atoms with Crippen molar-refractivity contribution in [3.05, 3.63) is 59.2 Å². The van der Waals surface area contributed by atoms with Gasteiger partial charge in [-0.1, -0.05) is 0 Å². The van der Waals surface area contributed by atoms with E-state index in [2.05, 4.69) is 0 Å². The van der Waals surface area contributed by atoms with E-state index in [1.165, 1.54) is 31.2 Å². The highest BCUT2D eigenvalue weighted by Gasteiger charge is 2.23. The molecular formula is C19H17F2NO4. The summed E-state index contributed by atoms with van der Waals surface area (Å²) in [5, 5.41) is 8.76. The average molecular weight is 361 g/mol. The van der Waals surface area contributed by atoms with Crippen molar-refractivity contribution < 1.29 is 27.8 Å². The summed E-state index contributed by atoms with van der Waals surface area (Å²) in [6.45, 7) is 2.75. The quantitative estimate of drug-likeness (QED) is 0.689. The number of ether oxygens (including phenoxy) is 3. The molecule has 0 heterocycles. The van der Waals surface area contributed by atoms with Gasteiger partial charge >= 0.3 is 5.97 Å². The number of nitrogens with zero attached hydrogens (tertiary/aromatic N) is 1. The van der Waals surface area contributed by atoms with Crippen LogP contribution in [-0.4, -0.2) is 19.2 Å². The van der Waals surface area contributed by atoms with Crippen molar-refractivity contribution in [3.63, 3.8) is 0 Å². The van der Waals surface area contributed by atoms with E-state index < -0.39 is 23.7 Å². The molecule has 0 aromatic heterocycles. The van der Waals surface area contributed by atoms with Crippen molar-refractivity contribution in [2.24, 2.45) is 0 Å². The number of hydrogen-bond acceptors (Lipinski definition) is 5. The van der Waals surface area contributed by atoms with Crippen LogP contribution in [0.15, 0.2) is 36.4 Å². The lowest BCUT2D eigenvalue weighted by Gasteiger charge is -2.19. The Morgan fingerprint density at radius 2 is 1.77 bits per heavy atom. The molecule has 7 heteroatoms. The number of carbonyl (C=O) groups excluding carboxylic acids is 1. The second kappa shape index (κ2) is 8.92. The third-order valence-corrected chi connectivity index (χ3v) is 3.40. The predicted molar refractivity (Wildman–Crippen MR) is 88.6 cm³/mol. The Kier molecular flexibility index (Phi) is 6.64. The van der Waals surface area contributed by atoms with E-state index >= 15 is 0 Å². The Labute approximate surface area is 149 Å². The lowest BCUT2D eigenvalue weighted by molar-refractivity contribution is -0.145. The molecule has 5 nitrogen and oxygen atoms in total. The molecule has 0 saturated heterocycles. The zero-order valence-corrected chi connectivity index (χ0v) is 14.3. The van der Waals surface area contributed by atoms with Crippen LogP contribution in [0.25, 0.3) is 0 Å². The van der Waals surface area contributed by atoms with Crippen molar-refractivity contribution in [2.75, 3.05) is 13.2 Å². The summed E-state index contributed by atoms with van der Waals surface area (Å²) in [6, 6.07) is 10.1. The molecule has 26 heavy (non-hydrogen) atoms. The first-order valence-corrected chi connectivity index (χ1v) is 7.86. The van der Waals surface area contributed by atoms with Crippen molar-refractivity contribution in [2.45, 2.75) is 20.0 Å². The van der Waals surface area contributed by atoms with Gasteiger partial charge in [0.25, 0.3) is 0 Å². The van der Waals surface area contributed by atoms with E-state index in [0.717, 1.165) is 12.1 Å². The molecule has 0 aliphatic heterocycles. The van der Waals surface area contributed by atoms with Crippen molar-refractivity contribution in [1.82, 2.24) is 0 Å². The number of rotatable bonds is 7. The number of nitriles is 1. The molecule has 1 unspecified atom stereocenters. The highest BCUT2D eigenvalue weighted by molar-refractivity contribution is 5.65. The largest absolute Gasteiger partial charge is 0.463 e. The third kappa shape index (κ3) is 5.01. The Morgan fingerprint density at radius 3 is 2.27 bits per heavy atom. The van der Waals surface area contributed by atoms with Gasteiger partial charge in [0.15, 0.2) is 0 Å². The van der Waals surface area contributed by atoms with E-state index in [4.69, 9.17) is 19.5 Å². The van der Waals surface area contributed by atoms with E-state index in [1.54, 1.807) is 6.92 Å². The summed E-state index contributed by atoms with van der Waals surface area (Å²) in [5.74, 6) is -2.04. The van der Waals surface area contributed by atoms with E-state index in [1.807, 2.05) is 6.07 Å². The van der Waals surface area contributed by atoms with Crippen LogP contribution in [0, 0.1) is 23.0 Å². The highest BCUT2D eigenvalue weighted by Crippen LogP contribution is 2.30. The molecule has 0 amide bonds. The smallest absolute Gasteiger partial charge is 0.302 e. The average Bonchev–Trinajstić information content (AvgIpc) is 2.59. The van der Waals surface area contributed by atoms with Crippen LogP contribution in [0.4, 0.5) is 8.78 Å². The molecule has 0 fully saturated rings. The fraction of sp³-hybridized carbons (Fsp3) is 0.263. The van der Waals surface area contributed by atoms with Crippen LogP contribution < -0.4 is 4.74 Å². The van der Waals surface area contributed by atoms with Crippen LogP contribution in [0.3, 0.4) is 0 Å². The second-order valence-corrected chi connectivity index (χ2v) is 5.29. The van der Waals surface area contributed by atoms with Gasteiger partial charge in [-0.15, -0.1) is 0 Å². The molecular weight excluding hydrogens is 344 g/mol. The Morgan fingerprint density at radius 1 is 1.15 bits per heavy atom. The minimum atomic E-state index is -1.06. The van der Waals surface area contributed by atoms with Gasteiger partial charge in [0, 0.05) is 25.7 Å². The van der Waals surface area contributed by atoms with Crippen molar-refractivity contribution >= 4 is 5.97 Å². The van der Waals surface area contributed by atoms with E-state index in [9.17, 15) is 13.6 Å². The van der Waals surface area contributed by atoms with Crippen LogP contribution in [0.1, 0.15) is 31.1 Å². The molecule has 0 bridgehead atoms. The minimum absolute atomic E-state index is 0.0452. The zero-order valence-electron chi connectivity index (χ0n) is 14.3. The van der Waals surface area contributed by atoms with E-state index in [0.29, 0.717) is 11.3 Å². The molecule has 0 aliphatic carbocycles. The van der Waals surface area contributed by atoms with Crippen molar-refractivity contribution in [1.29, 1.82) is 5.26 Å². The second-order valence-electron chi connectivity index (χ2n) is 5.29. The molecule has 0 radical (unpaired) electrons. The van der Waals surface area contributed by atoms with Crippen molar-refractivity contribution in [3.8, 4) is 17.6 Å². The molecule has 0 saturated carbocycles. The summed E-state index contributed by atoms with van der Waals surface area (Å²) in [4.78, 5) is 11.0. The monoisotopic (exact) mass is 361 g/mol. The maximum absolute atomic E-state index is 14.4. The van der Waals surface area contributed by atoms with Gasteiger partial charge in [-0.3, -0.25) is 4.79 Å². The molecule has 136 valence electrons.